The SMILES string of the molecule is Clc1ccccc1CC(CBr)CCOc1ccccc1. The molecule has 0 saturated carbocycles. The van der Waals surface area contributed by atoms with Crippen molar-refractivity contribution < 1.29 is 4.74 Å². The number of halogens is 2. The third-order valence-corrected chi connectivity index (χ3v) is 4.51. The van der Waals surface area contributed by atoms with Gasteiger partial charge in [0.2, 0.25) is 0 Å². The van der Waals surface area contributed by atoms with Crippen molar-refractivity contribution in [2.45, 2.75) is 12.8 Å². The Morgan fingerprint density at radius 1 is 1.00 bits per heavy atom. The topological polar surface area (TPSA) is 9.23 Å². The predicted octanol–water partition coefficient (Wildman–Crippen LogP) is 5.36. The fourth-order valence-electron chi connectivity index (χ4n) is 2.07. The van der Waals surface area contributed by atoms with Gasteiger partial charge in [0.25, 0.3) is 0 Å². The summed E-state index contributed by atoms with van der Waals surface area (Å²) in [6, 6.07) is 18.0. The van der Waals surface area contributed by atoms with Crippen molar-refractivity contribution >= 4 is 27.5 Å². The van der Waals surface area contributed by atoms with Crippen molar-refractivity contribution in [1.82, 2.24) is 0 Å². The van der Waals surface area contributed by atoms with E-state index in [9.17, 15) is 0 Å². The van der Waals surface area contributed by atoms with Gasteiger partial charge in [-0.2, -0.15) is 0 Å². The molecule has 0 bridgehead atoms. The summed E-state index contributed by atoms with van der Waals surface area (Å²) >= 11 is 9.79. The van der Waals surface area contributed by atoms with Crippen molar-refractivity contribution in [2.24, 2.45) is 5.92 Å². The lowest BCUT2D eigenvalue weighted by Crippen LogP contribution is -2.11. The smallest absolute Gasteiger partial charge is 0.119 e. The molecule has 1 unspecified atom stereocenters. The van der Waals surface area contributed by atoms with Gasteiger partial charge in [-0.25, -0.2) is 0 Å². The number of alkyl halides is 1. The van der Waals surface area contributed by atoms with Crippen molar-refractivity contribution in [3.05, 3.63) is 65.2 Å². The van der Waals surface area contributed by atoms with Crippen LogP contribution >= 0.6 is 27.5 Å². The van der Waals surface area contributed by atoms with Gasteiger partial charge in [-0.3, -0.25) is 0 Å². The Balaban J connectivity index is 1.82. The number of para-hydroxylation sites is 1. The van der Waals surface area contributed by atoms with E-state index in [1.807, 2.05) is 48.5 Å². The molecule has 0 fully saturated rings. The molecule has 0 N–H and O–H groups in total. The molecule has 1 atom stereocenters. The maximum Gasteiger partial charge on any atom is 0.119 e. The fourth-order valence-corrected chi connectivity index (χ4v) is 2.83. The van der Waals surface area contributed by atoms with Crippen LogP contribution in [0.25, 0.3) is 0 Å². The van der Waals surface area contributed by atoms with Crippen molar-refractivity contribution in [3.63, 3.8) is 0 Å². The van der Waals surface area contributed by atoms with Crippen LogP contribution in [0.3, 0.4) is 0 Å². The van der Waals surface area contributed by atoms with Crippen LogP contribution in [0.5, 0.6) is 5.75 Å². The van der Waals surface area contributed by atoms with E-state index in [0.717, 1.165) is 35.6 Å². The maximum absolute atomic E-state index is 6.21. The van der Waals surface area contributed by atoms with Gasteiger partial charge in [-0.1, -0.05) is 63.9 Å². The van der Waals surface area contributed by atoms with Gasteiger partial charge in [-0.05, 0) is 42.5 Å². The fraction of sp³-hybridized carbons (Fsp3) is 0.294. The standard InChI is InChI=1S/C17H18BrClO/c18-13-14(12-15-6-4-5-9-17(15)19)10-11-20-16-7-2-1-3-8-16/h1-9,14H,10-13H2. The molecule has 0 aliphatic carbocycles. The van der Waals surface area contributed by atoms with Gasteiger partial charge >= 0.3 is 0 Å². The average Bonchev–Trinajstić information content (AvgIpc) is 2.49. The quantitative estimate of drug-likeness (QED) is 0.609. The Labute approximate surface area is 134 Å². The third-order valence-electron chi connectivity index (χ3n) is 3.22. The van der Waals surface area contributed by atoms with E-state index in [0.29, 0.717) is 5.92 Å². The van der Waals surface area contributed by atoms with Gasteiger partial charge in [0, 0.05) is 10.4 Å². The highest BCUT2D eigenvalue weighted by molar-refractivity contribution is 9.09. The summed E-state index contributed by atoms with van der Waals surface area (Å²) in [6.45, 7) is 0.727. The molecule has 3 heteroatoms. The predicted molar refractivity (Wildman–Crippen MR) is 89.0 cm³/mol. The molecule has 2 aromatic carbocycles. The first kappa shape index (κ1) is 15.4. The first-order valence-electron chi connectivity index (χ1n) is 6.77. The number of benzene rings is 2. The number of hydrogen-bond acceptors (Lipinski definition) is 1. The van der Waals surface area contributed by atoms with Crippen LogP contribution in [0, 0.1) is 5.92 Å². The molecule has 0 saturated heterocycles. The first-order chi connectivity index (χ1) is 9.79. The van der Waals surface area contributed by atoms with Crippen LogP contribution in [0.1, 0.15) is 12.0 Å². The van der Waals surface area contributed by atoms with Crippen LogP contribution in [-0.2, 0) is 6.42 Å². The maximum atomic E-state index is 6.21. The minimum absolute atomic E-state index is 0.526. The molecule has 0 aliphatic rings. The highest BCUT2D eigenvalue weighted by Gasteiger charge is 2.10. The Hall–Kier alpha value is -0.990. The van der Waals surface area contributed by atoms with Crippen LogP contribution < -0.4 is 4.74 Å². The van der Waals surface area contributed by atoms with Crippen molar-refractivity contribution in [2.75, 3.05) is 11.9 Å². The molecule has 0 aliphatic heterocycles. The number of rotatable bonds is 7. The minimum atomic E-state index is 0.526. The zero-order valence-electron chi connectivity index (χ0n) is 11.3. The molecule has 0 heterocycles. The molecule has 2 rings (SSSR count). The lowest BCUT2D eigenvalue weighted by Gasteiger charge is -2.15. The monoisotopic (exact) mass is 352 g/mol. The molecule has 1 nitrogen and oxygen atoms in total. The van der Waals surface area contributed by atoms with Gasteiger partial charge in [0.15, 0.2) is 0 Å². The first-order valence-corrected chi connectivity index (χ1v) is 8.26. The van der Waals surface area contributed by atoms with Crippen molar-refractivity contribution in [3.8, 4) is 5.75 Å². The highest BCUT2D eigenvalue weighted by atomic mass is 79.9. The van der Waals surface area contributed by atoms with Crippen molar-refractivity contribution in [1.29, 1.82) is 0 Å². The van der Waals surface area contributed by atoms with Gasteiger partial charge in [-0.15, -0.1) is 0 Å². The lowest BCUT2D eigenvalue weighted by atomic mass is 9.98. The Kier molecular flexibility index (Phi) is 6.41. The lowest BCUT2D eigenvalue weighted by molar-refractivity contribution is 0.285. The Morgan fingerprint density at radius 2 is 1.70 bits per heavy atom. The van der Waals surface area contributed by atoms with Crippen LogP contribution in [0.15, 0.2) is 54.6 Å². The normalized spacial score (nSPS) is 12.1. The third kappa shape index (κ3) is 4.84. The zero-order valence-corrected chi connectivity index (χ0v) is 13.6. The molecular formula is C17H18BrClO. The molecule has 20 heavy (non-hydrogen) atoms. The minimum Gasteiger partial charge on any atom is -0.494 e. The summed E-state index contributed by atoms with van der Waals surface area (Å²) in [5.41, 5.74) is 1.21. The largest absolute Gasteiger partial charge is 0.494 e. The van der Waals surface area contributed by atoms with Crippen LogP contribution in [-0.4, -0.2) is 11.9 Å². The van der Waals surface area contributed by atoms with E-state index in [1.54, 1.807) is 0 Å². The molecule has 0 radical (unpaired) electrons. The number of hydrogen-bond donors (Lipinski definition) is 0. The average molecular weight is 354 g/mol. The summed E-state index contributed by atoms with van der Waals surface area (Å²) in [5.74, 6) is 1.46. The van der Waals surface area contributed by atoms with E-state index in [4.69, 9.17) is 16.3 Å². The second-order valence-corrected chi connectivity index (χ2v) is 5.82. The second kappa shape index (κ2) is 8.33. The summed E-state index contributed by atoms with van der Waals surface area (Å²) in [4.78, 5) is 0. The molecule has 0 aromatic heterocycles. The van der Waals surface area contributed by atoms with Crippen LogP contribution in [0.4, 0.5) is 0 Å². The van der Waals surface area contributed by atoms with Crippen LogP contribution in [0.2, 0.25) is 5.02 Å². The van der Waals surface area contributed by atoms with E-state index >= 15 is 0 Å². The molecule has 0 amide bonds. The molecular weight excluding hydrogens is 336 g/mol. The van der Waals surface area contributed by atoms with E-state index in [-0.39, 0.29) is 0 Å². The Bertz CT molecular complexity index is 515. The van der Waals surface area contributed by atoms with Gasteiger partial charge in [0.05, 0.1) is 6.61 Å². The number of ether oxygens (including phenoxy) is 1. The zero-order chi connectivity index (χ0) is 14.2. The van der Waals surface area contributed by atoms with Gasteiger partial charge < -0.3 is 4.74 Å². The van der Waals surface area contributed by atoms with E-state index in [1.165, 1.54) is 5.56 Å². The molecule has 0 spiro atoms. The summed E-state index contributed by atoms with van der Waals surface area (Å²) in [7, 11) is 0. The summed E-state index contributed by atoms with van der Waals surface area (Å²) in [5, 5.41) is 1.80. The van der Waals surface area contributed by atoms with E-state index in [2.05, 4.69) is 22.0 Å². The second-order valence-electron chi connectivity index (χ2n) is 4.77. The molecule has 2 aromatic rings. The Morgan fingerprint density at radius 3 is 2.40 bits per heavy atom. The summed E-state index contributed by atoms with van der Waals surface area (Å²) in [6.07, 6.45) is 1.98. The molecule has 106 valence electrons. The summed E-state index contributed by atoms with van der Waals surface area (Å²) < 4.78 is 5.75. The van der Waals surface area contributed by atoms with Gasteiger partial charge in [0.1, 0.15) is 5.75 Å². The highest BCUT2D eigenvalue weighted by Crippen LogP contribution is 2.22. The van der Waals surface area contributed by atoms with E-state index < -0.39 is 0 Å².